The van der Waals surface area contributed by atoms with Crippen molar-refractivity contribution in [2.24, 2.45) is 0 Å². The molecule has 11 rings (SSSR count). The van der Waals surface area contributed by atoms with Crippen LogP contribution in [0, 0.1) is 0 Å². The van der Waals surface area contributed by atoms with E-state index in [2.05, 4.69) is 120 Å². The van der Waals surface area contributed by atoms with E-state index in [-0.39, 0.29) is 0 Å². The lowest BCUT2D eigenvalue weighted by Gasteiger charge is -2.11. The van der Waals surface area contributed by atoms with Gasteiger partial charge in [-0.1, -0.05) is 91.0 Å². The molecule has 6 heteroatoms. The van der Waals surface area contributed by atoms with Crippen LogP contribution in [0.2, 0.25) is 0 Å². The molecule has 214 valence electrons. The molecular weight excluding hydrogens is 603 g/mol. The van der Waals surface area contributed by atoms with Gasteiger partial charge in [-0.25, -0.2) is 9.97 Å². The van der Waals surface area contributed by atoms with Crippen molar-refractivity contribution < 1.29 is 4.42 Å². The summed E-state index contributed by atoms with van der Waals surface area (Å²) in [6, 6.07) is 45.0. The molecule has 11 aromatic rings. The minimum Gasteiger partial charge on any atom is -0.455 e. The highest BCUT2D eigenvalue weighted by Gasteiger charge is 2.24. The number of aromatic nitrogens is 3. The first-order valence-corrected chi connectivity index (χ1v) is 16.9. The van der Waals surface area contributed by atoms with Gasteiger partial charge in [0.1, 0.15) is 16.0 Å². The molecule has 0 amide bonds. The Morgan fingerprint density at radius 1 is 0.500 bits per heavy atom. The van der Waals surface area contributed by atoms with Gasteiger partial charge in [-0.2, -0.15) is 0 Å². The molecule has 0 unspecified atom stereocenters. The van der Waals surface area contributed by atoms with Crippen molar-refractivity contribution in [1.82, 2.24) is 14.5 Å². The molecule has 0 saturated heterocycles. The predicted molar refractivity (Wildman–Crippen MR) is 195 cm³/mol. The number of furan rings is 1. The first-order chi connectivity index (χ1) is 22.8. The quantitative estimate of drug-likeness (QED) is 0.192. The van der Waals surface area contributed by atoms with Gasteiger partial charge in [0.25, 0.3) is 0 Å². The second kappa shape index (κ2) is 9.01. The number of nitrogens with zero attached hydrogens (tertiary/aromatic N) is 3. The van der Waals surface area contributed by atoms with E-state index in [0.717, 1.165) is 59.8 Å². The Labute approximate surface area is 269 Å². The van der Waals surface area contributed by atoms with E-state index in [9.17, 15) is 0 Å². The number of fused-ring (bicyclic) bond motifs is 13. The summed E-state index contributed by atoms with van der Waals surface area (Å²) in [5.74, 6) is 0.663. The predicted octanol–water partition coefficient (Wildman–Crippen LogP) is 11.9. The van der Waals surface area contributed by atoms with Gasteiger partial charge in [0.05, 0.1) is 16.7 Å². The first-order valence-electron chi connectivity index (χ1n) is 15.3. The fourth-order valence-corrected chi connectivity index (χ4v) is 9.49. The van der Waals surface area contributed by atoms with Gasteiger partial charge in [-0.3, -0.25) is 4.57 Å². The van der Waals surface area contributed by atoms with Crippen molar-refractivity contribution in [1.29, 1.82) is 0 Å². The van der Waals surface area contributed by atoms with Crippen LogP contribution in [0.5, 0.6) is 0 Å². The summed E-state index contributed by atoms with van der Waals surface area (Å²) in [6.45, 7) is 0. The SMILES string of the molecule is c1ccc2c(c1)oc1c(-c3nc(-n4c5ccccc5c5ccc6sc7ccccc7c6c54)nc4sc5ccccc5c34)cccc12. The summed E-state index contributed by atoms with van der Waals surface area (Å²) >= 11 is 3.55. The van der Waals surface area contributed by atoms with Crippen LogP contribution >= 0.6 is 22.7 Å². The lowest BCUT2D eigenvalue weighted by molar-refractivity contribution is 0.670. The smallest absolute Gasteiger partial charge is 0.236 e. The minimum atomic E-state index is 0.663. The third kappa shape index (κ3) is 3.22. The van der Waals surface area contributed by atoms with Crippen LogP contribution in [0.3, 0.4) is 0 Å². The molecule has 0 aliphatic carbocycles. The highest BCUT2D eigenvalue weighted by atomic mass is 32.1. The second-order valence-electron chi connectivity index (χ2n) is 11.7. The Hall–Kier alpha value is -5.56. The molecule has 0 saturated carbocycles. The fourth-order valence-electron chi connectivity index (χ4n) is 7.31. The summed E-state index contributed by atoms with van der Waals surface area (Å²) in [6.07, 6.45) is 0. The number of benzene rings is 6. The summed E-state index contributed by atoms with van der Waals surface area (Å²) in [5, 5.41) is 9.30. The lowest BCUT2D eigenvalue weighted by atomic mass is 10.0. The molecule has 0 radical (unpaired) electrons. The van der Waals surface area contributed by atoms with Gasteiger partial charge >= 0.3 is 0 Å². The third-order valence-electron chi connectivity index (χ3n) is 9.26. The second-order valence-corrected chi connectivity index (χ2v) is 13.8. The van der Waals surface area contributed by atoms with Crippen molar-refractivity contribution in [3.05, 3.63) is 127 Å². The minimum absolute atomic E-state index is 0.663. The number of hydrogen-bond donors (Lipinski definition) is 0. The molecule has 0 aliphatic heterocycles. The molecule has 0 bridgehead atoms. The zero-order chi connectivity index (χ0) is 29.9. The van der Waals surface area contributed by atoms with E-state index in [1.165, 1.54) is 35.6 Å². The molecule has 0 N–H and O–H groups in total. The monoisotopic (exact) mass is 623 g/mol. The average molecular weight is 624 g/mol. The largest absolute Gasteiger partial charge is 0.455 e. The summed E-state index contributed by atoms with van der Waals surface area (Å²) in [4.78, 5) is 11.9. The van der Waals surface area contributed by atoms with E-state index >= 15 is 0 Å². The summed E-state index contributed by atoms with van der Waals surface area (Å²) in [7, 11) is 0. The average Bonchev–Trinajstić information content (AvgIpc) is 3.86. The Morgan fingerprint density at radius 2 is 1.20 bits per heavy atom. The zero-order valence-electron chi connectivity index (χ0n) is 24.2. The van der Waals surface area contributed by atoms with Crippen LogP contribution in [-0.4, -0.2) is 14.5 Å². The molecule has 5 heterocycles. The van der Waals surface area contributed by atoms with Crippen molar-refractivity contribution in [2.75, 3.05) is 0 Å². The van der Waals surface area contributed by atoms with Gasteiger partial charge in [0.2, 0.25) is 5.95 Å². The Morgan fingerprint density at radius 3 is 2.07 bits per heavy atom. The van der Waals surface area contributed by atoms with Gasteiger partial charge in [-0.15, -0.1) is 22.7 Å². The lowest BCUT2D eigenvalue weighted by Crippen LogP contribution is -2.03. The van der Waals surface area contributed by atoms with E-state index in [0.29, 0.717) is 5.95 Å². The van der Waals surface area contributed by atoms with Gasteiger partial charge < -0.3 is 4.42 Å². The van der Waals surface area contributed by atoms with Crippen molar-refractivity contribution >= 4 is 107 Å². The van der Waals surface area contributed by atoms with Crippen molar-refractivity contribution in [3.63, 3.8) is 0 Å². The number of thiophene rings is 2. The normalized spacial score (nSPS) is 12.3. The van der Waals surface area contributed by atoms with Crippen molar-refractivity contribution in [2.45, 2.75) is 0 Å². The highest BCUT2D eigenvalue weighted by molar-refractivity contribution is 7.26. The highest BCUT2D eigenvalue weighted by Crippen LogP contribution is 2.45. The molecule has 4 nitrogen and oxygen atoms in total. The van der Waals surface area contributed by atoms with E-state index in [4.69, 9.17) is 14.4 Å². The van der Waals surface area contributed by atoms with Gasteiger partial charge in [0, 0.05) is 62.8 Å². The summed E-state index contributed by atoms with van der Waals surface area (Å²) in [5.41, 5.74) is 5.81. The van der Waals surface area contributed by atoms with E-state index in [1.54, 1.807) is 11.3 Å². The molecule has 0 fully saturated rings. The molecular formula is C40H21N3OS2. The maximum atomic E-state index is 6.58. The Kier molecular flexibility index (Phi) is 4.84. The Bertz CT molecular complexity index is 3050. The molecule has 6 aromatic carbocycles. The molecule has 0 spiro atoms. The van der Waals surface area contributed by atoms with Crippen LogP contribution in [0.15, 0.2) is 132 Å². The van der Waals surface area contributed by atoms with Gasteiger partial charge in [-0.05, 0) is 36.4 Å². The maximum Gasteiger partial charge on any atom is 0.236 e. The first kappa shape index (κ1) is 24.7. The number of para-hydroxylation sites is 3. The molecule has 0 atom stereocenters. The van der Waals surface area contributed by atoms with Crippen LogP contribution < -0.4 is 0 Å². The Balaban J connectivity index is 1.34. The standard InChI is InChI=1S/C40H21N3OS2/c1-5-16-29-22(10-1)24-20-21-33-34(26-12-3-7-18-31(26)45-33)37(24)43(29)40-41-36(35-27-13-4-8-19-32(27)46-39(35)42-40)28-15-9-14-25-23-11-2-6-17-30(23)44-38(25)28/h1-21H. The van der Waals surface area contributed by atoms with Crippen LogP contribution in [0.4, 0.5) is 0 Å². The van der Waals surface area contributed by atoms with Crippen LogP contribution in [0.25, 0.3) is 101 Å². The van der Waals surface area contributed by atoms with E-state index in [1.807, 2.05) is 23.5 Å². The van der Waals surface area contributed by atoms with Crippen LogP contribution in [-0.2, 0) is 0 Å². The van der Waals surface area contributed by atoms with Crippen LogP contribution in [0.1, 0.15) is 0 Å². The topological polar surface area (TPSA) is 43.9 Å². The van der Waals surface area contributed by atoms with Crippen molar-refractivity contribution in [3.8, 4) is 17.2 Å². The third-order valence-corrected chi connectivity index (χ3v) is 11.5. The number of rotatable bonds is 2. The van der Waals surface area contributed by atoms with E-state index < -0.39 is 0 Å². The summed E-state index contributed by atoms with van der Waals surface area (Å²) < 4.78 is 12.6. The van der Waals surface area contributed by atoms with Gasteiger partial charge in [0.15, 0.2) is 0 Å². The molecule has 46 heavy (non-hydrogen) atoms. The molecule has 5 aromatic heterocycles. The number of hydrogen-bond acceptors (Lipinski definition) is 5. The fraction of sp³-hybridized carbons (Fsp3) is 0. The zero-order valence-corrected chi connectivity index (χ0v) is 25.8. The molecule has 0 aliphatic rings. The maximum absolute atomic E-state index is 6.58.